The minimum Gasteiger partial charge on any atom is -0.381 e. The average Bonchev–Trinajstić information content (AvgIpc) is 3.11. The molecule has 1 saturated carbocycles. The minimum absolute atomic E-state index is 0.150. The Labute approximate surface area is 106 Å². The summed E-state index contributed by atoms with van der Waals surface area (Å²) in [5.41, 5.74) is 1.00. The van der Waals surface area contributed by atoms with E-state index in [1.54, 1.807) is 12.1 Å². The Morgan fingerprint density at radius 1 is 1.33 bits per heavy atom. The summed E-state index contributed by atoms with van der Waals surface area (Å²) in [5.74, 6) is 0. The van der Waals surface area contributed by atoms with Crippen LogP contribution in [-0.2, 0) is 0 Å². The molecular weight excluding hydrogens is 230 g/mol. The second kappa shape index (κ2) is 4.57. The van der Waals surface area contributed by atoms with E-state index in [0.717, 1.165) is 31.2 Å². The molecule has 0 aromatic heterocycles. The molecule has 1 atom stereocenters. The molecule has 2 fully saturated rings. The molecule has 0 radical (unpaired) electrons. The van der Waals surface area contributed by atoms with E-state index in [0.29, 0.717) is 6.04 Å². The molecule has 1 aliphatic heterocycles. The number of nitro groups is 1. The standard InChI is InChI=1S/C13H17N3O2/c17-16(18)13-3-1-2-10(8-13)14-11-6-7-15(9-11)12-4-5-12/h1-3,8,11-12,14H,4-7,9H2. The molecule has 1 saturated heterocycles. The average molecular weight is 247 g/mol. The van der Waals surface area contributed by atoms with Crippen molar-refractivity contribution < 1.29 is 4.92 Å². The molecule has 0 amide bonds. The van der Waals surface area contributed by atoms with Crippen molar-refractivity contribution in [1.82, 2.24) is 4.90 Å². The van der Waals surface area contributed by atoms with Gasteiger partial charge < -0.3 is 5.32 Å². The van der Waals surface area contributed by atoms with Crippen LogP contribution >= 0.6 is 0 Å². The first kappa shape index (κ1) is 11.5. The van der Waals surface area contributed by atoms with E-state index < -0.39 is 0 Å². The monoisotopic (exact) mass is 247 g/mol. The Morgan fingerprint density at radius 2 is 2.17 bits per heavy atom. The number of hydrogen-bond donors (Lipinski definition) is 1. The highest BCUT2D eigenvalue weighted by atomic mass is 16.6. The second-order valence-electron chi connectivity index (χ2n) is 5.16. The van der Waals surface area contributed by atoms with Gasteiger partial charge in [-0.3, -0.25) is 15.0 Å². The van der Waals surface area contributed by atoms with Gasteiger partial charge in [-0.15, -0.1) is 0 Å². The highest BCUT2D eigenvalue weighted by Crippen LogP contribution is 2.30. The molecule has 5 heteroatoms. The molecule has 96 valence electrons. The van der Waals surface area contributed by atoms with E-state index in [4.69, 9.17) is 0 Å². The first-order valence-corrected chi connectivity index (χ1v) is 6.47. The molecule has 18 heavy (non-hydrogen) atoms. The molecule has 1 heterocycles. The summed E-state index contributed by atoms with van der Waals surface area (Å²) in [5, 5.41) is 14.1. The topological polar surface area (TPSA) is 58.4 Å². The van der Waals surface area contributed by atoms with Crippen LogP contribution in [0.1, 0.15) is 19.3 Å². The third-order valence-corrected chi connectivity index (χ3v) is 3.71. The lowest BCUT2D eigenvalue weighted by Gasteiger charge is -2.16. The van der Waals surface area contributed by atoms with E-state index in [1.807, 2.05) is 6.07 Å². The highest BCUT2D eigenvalue weighted by molar-refractivity contribution is 5.51. The normalized spacial score (nSPS) is 24.1. The van der Waals surface area contributed by atoms with Crippen molar-refractivity contribution >= 4 is 11.4 Å². The van der Waals surface area contributed by atoms with Crippen LogP contribution in [0, 0.1) is 10.1 Å². The molecule has 1 aliphatic carbocycles. The summed E-state index contributed by atoms with van der Waals surface area (Å²) >= 11 is 0. The second-order valence-corrected chi connectivity index (χ2v) is 5.16. The van der Waals surface area contributed by atoms with Crippen LogP contribution in [0.15, 0.2) is 24.3 Å². The smallest absolute Gasteiger partial charge is 0.271 e. The number of non-ortho nitro benzene ring substituents is 1. The van der Waals surface area contributed by atoms with Crippen molar-refractivity contribution in [2.45, 2.75) is 31.3 Å². The summed E-state index contributed by atoms with van der Waals surface area (Å²) in [4.78, 5) is 12.9. The predicted octanol–water partition coefficient (Wildman–Crippen LogP) is 2.24. The number of likely N-dealkylation sites (tertiary alicyclic amines) is 1. The van der Waals surface area contributed by atoms with E-state index >= 15 is 0 Å². The zero-order chi connectivity index (χ0) is 12.5. The van der Waals surface area contributed by atoms with Crippen molar-refractivity contribution in [3.05, 3.63) is 34.4 Å². The Hall–Kier alpha value is -1.62. The Balaban J connectivity index is 1.62. The van der Waals surface area contributed by atoms with Gasteiger partial charge in [-0.25, -0.2) is 0 Å². The van der Waals surface area contributed by atoms with Crippen molar-refractivity contribution in [1.29, 1.82) is 0 Å². The SMILES string of the molecule is O=[N+]([O-])c1cccc(NC2CCN(C3CC3)C2)c1. The third kappa shape index (κ3) is 2.46. The molecule has 2 aliphatic rings. The molecule has 1 aromatic rings. The van der Waals surface area contributed by atoms with Crippen molar-refractivity contribution in [3.8, 4) is 0 Å². The molecule has 3 rings (SSSR count). The fourth-order valence-electron chi connectivity index (χ4n) is 2.62. The maximum absolute atomic E-state index is 10.7. The number of anilines is 1. The van der Waals surface area contributed by atoms with Crippen LogP contribution in [0.5, 0.6) is 0 Å². The van der Waals surface area contributed by atoms with Gasteiger partial charge in [-0.05, 0) is 25.3 Å². The first-order valence-electron chi connectivity index (χ1n) is 6.47. The van der Waals surface area contributed by atoms with Crippen LogP contribution in [-0.4, -0.2) is 35.0 Å². The van der Waals surface area contributed by atoms with Gasteiger partial charge in [-0.1, -0.05) is 6.07 Å². The number of hydrogen-bond acceptors (Lipinski definition) is 4. The number of nitrogens with zero attached hydrogens (tertiary/aromatic N) is 2. The van der Waals surface area contributed by atoms with E-state index in [-0.39, 0.29) is 10.6 Å². The van der Waals surface area contributed by atoms with Crippen LogP contribution in [0.25, 0.3) is 0 Å². The van der Waals surface area contributed by atoms with Crippen LogP contribution in [0.4, 0.5) is 11.4 Å². The predicted molar refractivity (Wildman–Crippen MR) is 69.7 cm³/mol. The van der Waals surface area contributed by atoms with Crippen LogP contribution < -0.4 is 5.32 Å². The van der Waals surface area contributed by atoms with Gasteiger partial charge >= 0.3 is 0 Å². The molecule has 1 N–H and O–H groups in total. The zero-order valence-electron chi connectivity index (χ0n) is 10.2. The van der Waals surface area contributed by atoms with Crippen LogP contribution in [0.2, 0.25) is 0 Å². The minimum atomic E-state index is -0.351. The first-order chi connectivity index (χ1) is 8.72. The van der Waals surface area contributed by atoms with Gasteiger partial charge in [0, 0.05) is 43.0 Å². The van der Waals surface area contributed by atoms with Gasteiger partial charge in [-0.2, -0.15) is 0 Å². The largest absolute Gasteiger partial charge is 0.381 e. The van der Waals surface area contributed by atoms with Gasteiger partial charge in [0.05, 0.1) is 4.92 Å². The Morgan fingerprint density at radius 3 is 2.89 bits per heavy atom. The van der Waals surface area contributed by atoms with Crippen LogP contribution in [0.3, 0.4) is 0 Å². The van der Waals surface area contributed by atoms with Gasteiger partial charge in [0.15, 0.2) is 0 Å². The summed E-state index contributed by atoms with van der Waals surface area (Å²) in [6, 6.07) is 7.99. The molecule has 1 unspecified atom stereocenters. The van der Waals surface area contributed by atoms with Gasteiger partial charge in [0.25, 0.3) is 5.69 Å². The van der Waals surface area contributed by atoms with Gasteiger partial charge in [0.2, 0.25) is 0 Å². The quantitative estimate of drug-likeness (QED) is 0.655. The number of nitro benzene ring substituents is 1. The Kier molecular flexibility index (Phi) is 2.91. The molecule has 1 aromatic carbocycles. The summed E-state index contributed by atoms with van der Waals surface area (Å²) in [6.45, 7) is 2.21. The summed E-state index contributed by atoms with van der Waals surface area (Å²) < 4.78 is 0. The zero-order valence-corrected chi connectivity index (χ0v) is 10.2. The number of nitrogens with one attached hydrogen (secondary N) is 1. The molecule has 5 nitrogen and oxygen atoms in total. The lowest BCUT2D eigenvalue weighted by Crippen LogP contribution is -2.27. The third-order valence-electron chi connectivity index (χ3n) is 3.71. The van der Waals surface area contributed by atoms with E-state index in [9.17, 15) is 10.1 Å². The molecule has 0 bridgehead atoms. The lowest BCUT2D eigenvalue weighted by molar-refractivity contribution is -0.384. The molecule has 0 spiro atoms. The van der Waals surface area contributed by atoms with Crippen molar-refractivity contribution in [2.75, 3.05) is 18.4 Å². The lowest BCUT2D eigenvalue weighted by atomic mass is 10.2. The van der Waals surface area contributed by atoms with Crippen molar-refractivity contribution in [2.24, 2.45) is 0 Å². The maximum atomic E-state index is 10.7. The Bertz CT molecular complexity index is 459. The fraction of sp³-hybridized carbons (Fsp3) is 0.538. The number of rotatable bonds is 4. The van der Waals surface area contributed by atoms with Crippen molar-refractivity contribution in [3.63, 3.8) is 0 Å². The summed E-state index contributed by atoms with van der Waals surface area (Å²) in [7, 11) is 0. The fourth-order valence-corrected chi connectivity index (χ4v) is 2.62. The maximum Gasteiger partial charge on any atom is 0.271 e. The molecular formula is C13H17N3O2. The van der Waals surface area contributed by atoms with E-state index in [1.165, 1.54) is 18.9 Å². The van der Waals surface area contributed by atoms with E-state index in [2.05, 4.69) is 10.2 Å². The highest BCUT2D eigenvalue weighted by Gasteiger charge is 2.34. The number of benzene rings is 1. The van der Waals surface area contributed by atoms with Gasteiger partial charge in [0.1, 0.15) is 0 Å². The summed E-state index contributed by atoms with van der Waals surface area (Å²) in [6.07, 6.45) is 3.80.